The standard InChI is InChI=1S/C14H22N2O2S2/c1-10-7-13(15-4)8-11(2)14(10)20(17,18)16-5-6-19-9-12(16)3/h7-8,12,15H,5-6,9H2,1-4H3. The van der Waals surface area contributed by atoms with E-state index < -0.39 is 10.0 Å². The number of aryl methyl sites for hydroxylation is 2. The second-order valence-corrected chi connectivity index (χ2v) is 8.21. The topological polar surface area (TPSA) is 49.4 Å². The van der Waals surface area contributed by atoms with E-state index in [4.69, 9.17) is 0 Å². The van der Waals surface area contributed by atoms with Crippen LogP contribution in [0.1, 0.15) is 18.1 Å². The molecular formula is C14H22N2O2S2. The van der Waals surface area contributed by atoms with Crippen molar-refractivity contribution in [3.8, 4) is 0 Å². The maximum atomic E-state index is 12.9. The van der Waals surface area contributed by atoms with Gasteiger partial charge in [-0.1, -0.05) is 0 Å². The van der Waals surface area contributed by atoms with Crippen LogP contribution in [0.4, 0.5) is 5.69 Å². The van der Waals surface area contributed by atoms with Gasteiger partial charge in [0.2, 0.25) is 10.0 Å². The Morgan fingerprint density at radius 1 is 1.30 bits per heavy atom. The molecule has 1 atom stereocenters. The number of nitrogens with zero attached hydrogens (tertiary/aromatic N) is 1. The van der Waals surface area contributed by atoms with Crippen LogP contribution >= 0.6 is 11.8 Å². The van der Waals surface area contributed by atoms with Crippen LogP contribution in [-0.2, 0) is 10.0 Å². The monoisotopic (exact) mass is 314 g/mol. The van der Waals surface area contributed by atoms with Crippen molar-refractivity contribution in [2.45, 2.75) is 31.7 Å². The van der Waals surface area contributed by atoms with Crippen molar-refractivity contribution in [3.05, 3.63) is 23.3 Å². The molecule has 1 aliphatic rings. The summed E-state index contributed by atoms with van der Waals surface area (Å²) in [5.41, 5.74) is 2.56. The van der Waals surface area contributed by atoms with Crippen molar-refractivity contribution < 1.29 is 8.42 Å². The Bertz CT molecular complexity index is 576. The van der Waals surface area contributed by atoms with Crippen molar-refractivity contribution in [3.63, 3.8) is 0 Å². The van der Waals surface area contributed by atoms with Crippen LogP contribution in [0.25, 0.3) is 0 Å². The fourth-order valence-electron chi connectivity index (χ4n) is 2.69. The third kappa shape index (κ3) is 2.82. The van der Waals surface area contributed by atoms with Crippen LogP contribution in [0.5, 0.6) is 0 Å². The fraction of sp³-hybridized carbons (Fsp3) is 0.571. The summed E-state index contributed by atoms with van der Waals surface area (Å²) in [6.07, 6.45) is 0. The molecule has 0 bridgehead atoms. The SMILES string of the molecule is CNc1cc(C)c(S(=O)(=O)N2CCSCC2C)c(C)c1. The molecule has 4 nitrogen and oxygen atoms in total. The molecule has 1 unspecified atom stereocenters. The molecule has 0 spiro atoms. The van der Waals surface area contributed by atoms with E-state index in [0.717, 1.165) is 28.3 Å². The Labute approximate surface area is 126 Å². The average Bonchev–Trinajstić information content (AvgIpc) is 2.37. The van der Waals surface area contributed by atoms with Crippen LogP contribution in [0.2, 0.25) is 0 Å². The summed E-state index contributed by atoms with van der Waals surface area (Å²) < 4.78 is 27.5. The van der Waals surface area contributed by atoms with Crippen molar-refractivity contribution in [1.82, 2.24) is 4.31 Å². The van der Waals surface area contributed by atoms with Gasteiger partial charge in [0.05, 0.1) is 4.90 Å². The summed E-state index contributed by atoms with van der Waals surface area (Å²) in [5, 5.41) is 3.06. The molecule has 1 N–H and O–H groups in total. The maximum absolute atomic E-state index is 12.9. The zero-order chi connectivity index (χ0) is 14.9. The molecule has 20 heavy (non-hydrogen) atoms. The van der Waals surface area contributed by atoms with Gasteiger partial charge in [0.15, 0.2) is 0 Å². The summed E-state index contributed by atoms with van der Waals surface area (Å²) in [5.74, 6) is 1.74. The molecule has 1 aliphatic heterocycles. The first-order valence-corrected chi connectivity index (χ1v) is 9.36. The first-order chi connectivity index (χ1) is 9.37. The van der Waals surface area contributed by atoms with Gasteiger partial charge in [-0.2, -0.15) is 16.1 Å². The highest BCUT2D eigenvalue weighted by Gasteiger charge is 2.33. The summed E-state index contributed by atoms with van der Waals surface area (Å²) >= 11 is 1.82. The molecule has 1 saturated heterocycles. The van der Waals surface area contributed by atoms with E-state index in [1.165, 1.54) is 0 Å². The predicted octanol–water partition coefficient (Wildman–Crippen LogP) is 2.47. The number of nitrogens with one attached hydrogen (secondary N) is 1. The van der Waals surface area contributed by atoms with Gasteiger partial charge in [0.25, 0.3) is 0 Å². The minimum Gasteiger partial charge on any atom is -0.388 e. The molecule has 1 heterocycles. The highest BCUT2D eigenvalue weighted by Crippen LogP contribution is 2.30. The van der Waals surface area contributed by atoms with Crippen LogP contribution in [-0.4, -0.2) is 43.9 Å². The second kappa shape index (κ2) is 5.95. The molecule has 0 aromatic heterocycles. The third-order valence-electron chi connectivity index (χ3n) is 3.62. The average molecular weight is 314 g/mol. The van der Waals surface area contributed by atoms with E-state index in [2.05, 4.69) is 5.32 Å². The van der Waals surface area contributed by atoms with Gasteiger partial charge in [0, 0.05) is 36.8 Å². The lowest BCUT2D eigenvalue weighted by Crippen LogP contribution is -2.44. The molecule has 1 aromatic rings. The molecular weight excluding hydrogens is 292 g/mol. The number of anilines is 1. The summed E-state index contributed by atoms with van der Waals surface area (Å²) in [6.45, 7) is 6.31. The van der Waals surface area contributed by atoms with E-state index in [1.807, 2.05) is 51.7 Å². The first-order valence-electron chi connectivity index (χ1n) is 6.76. The lowest BCUT2D eigenvalue weighted by molar-refractivity contribution is 0.367. The number of benzene rings is 1. The molecule has 0 amide bonds. The van der Waals surface area contributed by atoms with Crippen molar-refractivity contribution in [1.29, 1.82) is 0 Å². The molecule has 1 aromatic carbocycles. The molecule has 112 valence electrons. The molecule has 1 fully saturated rings. The van der Waals surface area contributed by atoms with E-state index >= 15 is 0 Å². The largest absolute Gasteiger partial charge is 0.388 e. The molecule has 0 aliphatic carbocycles. The smallest absolute Gasteiger partial charge is 0.243 e. The fourth-order valence-corrected chi connectivity index (χ4v) is 5.96. The van der Waals surface area contributed by atoms with E-state index in [1.54, 1.807) is 4.31 Å². The van der Waals surface area contributed by atoms with E-state index in [-0.39, 0.29) is 6.04 Å². The zero-order valence-electron chi connectivity index (χ0n) is 12.4. The van der Waals surface area contributed by atoms with Gasteiger partial charge >= 0.3 is 0 Å². The number of sulfonamides is 1. The Kier molecular flexibility index (Phi) is 4.66. The second-order valence-electron chi connectivity index (χ2n) is 5.23. The van der Waals surface area contributed by atoms with Gasteiger partial charge in [-0.05, 0) is 44.0 Å². The quantitative estimate of drug-likeness (QED) is 0.931. The van der Waals surface area contributed by atoms with Crippen LogP contribution < -0.4 is 5.32 Å². The number of rotatable bonds is 3. The lowest BCUT2D eigenvalue weighted by Gasteiger charge is -2.33. The van der Waals surface area contributed by atoms with Crippen LogP contribution in [0.3, 0.4) is 0 Å². The molecule has 0 saturated carbocycles. The summed E-state index contributed by atoms with van der Waals surface area (Å²) in [4.78, 5) is 0.468. The Morgan fingerprint density at radius 3 is 2.40 bits per heavy atom. The highest BCUT2D eigenvalue weighted by molar-refractivity contribution is 7.99. The molecule has 2 rings (SSSR count). The predicted molar refractivity (Wildman–Crippen MR) is 86.1 cm³/mol. The van der Waals surface area contributed by atoms with Gasteiger partial charge < -0.3 is 5.32 Å². The van der Waals surface area contributed by atoms with E-state index in [0.29, 0.717) is 11.4 Å². The van der Waals surface area contributed by atoms with Gasteiger partial charge in [-0.3, -0.25) is 0 Å². The zero-order valence-corrected chi connectivity index (χ0v) is 14.1. The normalized spacial score (nSPS) is 20.9. The van der Waals surface area contributed by atoms with Gasteiger partial charge in [0.1, 0.15) is 0 Å². The minimum absolute atomic E-state index is 0.0570. The van der Waals surface area contributed by atoms with Crippen molar-refractivity contribution >= 4 is 27.5 Å². The number of hydrogen-bond acceptors (Lipinski definition) is 4. The highest BCUT2D eigenvalue weighted by atomic mass is 32.2. The summed E-state index contributed by atoms with van der Waals surface area (Å²) in [7, 11) is -1.57. The first kappa shape index (κ1) is 15.7. The Hall–Kier alpha value is -0.720. The van der Waals surface area contributed by atoms with Crippen molar-refractivity contribution in [2.24, 2.45) is 0 Å². The Morgan fingerprint density at radius 2 is 1.90 bits per heavy atom. The Balaban J connectivity index is 2.49. The molecule has 6 heteroatoms. The lowest BCUT2D eigenvalue weighted by atomic mass is 10.1. The van der Waals surface area contributed by atoms with Crippen molar-refractivity contribution in [2.75, 3.05) is 30.4 Å². The molecule has 0 radical (unpaired) electrons. The summed E-state index contributed by atoms with van der Waals surface area (Å²) in [6, 6.07) is 3.84. The maximum Gasteiger partial charge on any atom is 0.243 e. The third-order valence-corrected chi connectivity index (χ3v) is 7.13. The van der Waals surface area contributed by atoms with Gasteiger partial charge in [-0.15, -0.1) is 0 Å². The van der Waals surface area contributed by atoms with Crippen LogP contribution in [0.15, 0.2) is 17.0 Å². The van der Waals surface area contributed by atoms with E-state index in [9.17, 15) is 8.42 Å². The van der Waals surface area contributed by atoms with Crippen LogP contribution in [0, 0.1) is 13.8 Å². The minimum atomic E-state index is -3.41. The van der Waals surface area contributed by atoms with Gasteiger partial charge in [-0.25, -0.2) is 8.42 Å². The number of hydrogen-bond donors (Lipinski definition) is 1. The number of thioether (sulfide) groups is 1.